The SMILES string of the molecule is CN(C)CCCNc1cccc(CCCCl)c1. The molecule has 0 atom stereocenters. The van der Waals surface area contributed by atoms with Crippen LogP contribution in [0.3, 0.4) is 0 Å². The van der Waals surface area contributed by atoms with Crippen LogP contribution >= 0.6 is 11.6 Å². The van der Waals surface area contributed by atoms with Gasteiger partial charge < -0.3 is 10.2 Å². The molecule has 0 saturated carbocycles. The zero-order valence-corrected chi connectivity index (χ0v) is 11.6. The first kappa shape index (κ1) is 14.3. The lowest BCUT2D eigenvalue weighted by Crippen LogP contribution is -2.16. The molecule has 1 rings (SSSR count). The summed E-state index contributed by atoms with van der Waals surface area (Å²) < 4.78 is 0. The van der Waals surface area contributed by atoms with Crippen LogP contribution in [0.5, 0.6) is 0 Å². The summed E-state index contributed by atoms with van der Waals surface area (Å²) in [6.07, 6.45) is 3.28. The van der Waals surface area contributed by atoms with Crippen molar-refractivity contribution in [3.8, 4) is 0 Å². The fourth-order valence-electron chi connectivity index (χ4n) is 1.74. The Hall–Kier alpha value is -0.730. The van der Waals surface area contributed by atoms with Crippen molar-refractivity contribution in [2.24, 2.45) is 0 Å². The van der Waals surface area contributed by atoms with Gasteiger partial charge in [0.05, 0.1) is 0 Å². The van der Waals surface area contributed by atoms with E-state index >= 15 is 0 Å². The van der Waals surface area contributed by atoms with Crippen LogP contribution in [0.25, 0.3) is 0 Å². The normalized spacial score (nSPS) is 10.8. The van der Waals surface area contributed by atoms with Crippen molar-refractivity contribution in [2.75, 3.05) is 38.4 Å². The maximum atomic E-state index is 5.70. The molecule has 0 unspecified atom stereocenters. The highest BCUT2D eigenvalue weighted by Gasteiger charge is 1.96. The molecular weight excluding hydrogens is 232 g/mol. The standard InChI is InChI=1S/C14H23ClN2/c1-17(2)11-5-10-16-14-8-3-6-13(12-14)7-4-9-15/h3,6,8,12,16H,4-5,7,9-11H2,1-2H3. The van der Waals surface area contributed by atoms with E-state index in [1.165, 1.54) is 17.7 Å². The summed E-state index contributed by atoms with van der Waals surface area (Å²) in [5.41, 5.74) is 2.58. The minimum Gasteiger partial charge on any atom is -0.385 e. The van der Waals surface area contributed by atoms with E-state index in [-0.39, 0.29) is 0 Å². The van der Waals surface area contributed by atoms with E-state index in [0.717, 1.165) is 31.8 Å². The lowest BCUT2D eigenvalue weighted by Gasteiger charge is -2.11. The Balaban J connectivity index is 2.32. The van der Waals surface area contributed by atoms with Crippen LogP contribution in [0.1, 0.15) is 18.4 Å². The number of hydrogen-bond acceptors (Lipinski definition) is 2. The second-order valence-corrected chi connectivity index (χ2v) is 4.95. The molecule has 0 radical (unpaired) electrons. The lowest BCUT2D eigenvalue weighted by atomic mass is 10.1. The van der Waals surface area contributed by atoms with Gasteiger partial charge in [-0.25, -0.2) is 0 Å². The third-order valence-electron chi connectivity index (χ3n) is 2.64. The van der Waals surface area contributed by atoms with Crippen LogP contribution in [0.4, 0.5) is 5.69 Å². The van der Waals surface area contributed by atoms with E-state index < -0.39 is 0 Å². The third kappa shape index (κ3) is 6.54. The van der Waals surface area contributed by atoms with Gasteiger partial charge in [-0.3, -0.25) is 0 Å². The van der Waals surface area contributed by atoms with Crippen molar-refractivity contribution < 1.29 is 0 Å². The van der Waals surface area contributed by atoms with Gasteiger partial charge in [-0.05, 0) is 57.6 Å². The van der Waals surface area contributed by atoms with Crippen LogP contribution in [-0.2, 0) is 6.42 Å². The van der Waals surface area contributed by atoms with Gasteiger partial charge in [-0.1, -0.05) is 12.1 Å². The van der Waals surface area contributed by atoms with E-state index in [9.17, 15) is 0 Å². The summed E-state index contributed by atoms with van der Waals surface area (Å²) in [6.45, 7) is 2.15. The monoisotopic (exact) mass is 254 g/mol. The van der Waals surface area contributed by atoms with E-state index in [2.05, 4.69) is 48.6 Å². The fourth-order valence-corrected chi connectivity index (χ4v) is 1.87. The Bertz CT molecular complexity index is 313. The minimum absolute atomic E-state index is 0.737. The fraction of sp³-hybridized carbons (Fsp3) is 0.571. The second-order valence-electron chi connectivity index (χ2n) is 4.58. The first-order chi connectivity index (χ1) is 8.22. The largest absolute Gasteiger partial charge is 0.385 e. The molecule has 0 aliphatic carbocycles. The highest BCUT2D eigenvalue weighted by atomic mass is 35.5. The van der Waals surface area contributed by atoms with Gasteiger partial charge in [0.2, 0.25) is 0 Å². The summed E-state index contributed by atoms with van der Waals surface area (Å²) in [5, 5.41) is 3.46. The Kier molecular flexibility index (Phi) is 7.06. The van der Waals surface area contributed by atoms with Gasteiger partial charge >= 0.3 is 0 Å². The Morgan fingerprint density at radius 1 is 1.24 bits per heavy atom. The maximum absolute atomic E-state index is 5.70. The number of aryl methyl sites for hydroxylation is 1. The maximum Gasteiger partial charge on any atom is 0.0342 e. The first-order valence-corrected chi connectivity index (χ1v) is 6.79. The summed E-state index contributed by atoms with van der Waals surface area (Å²) >= 11 is 5.70. The molecule has 0 bridgehead atoms. The van der Waals surface area contributed by atoms with Gasteiger partial charge in [-0.15, -0.1) is 11.6 Å². The molecule has 0 fully saturated rings. The van der Waals surface area contributed by atoms with Crippen LogP contribution in [0.2, 0.25) is 0 Å². The van der Waals surface area contributed by atoms with Gasteiger partial charge in [-0.2, -0.15) is 0 Å². The smallest absolute Gasteiger partial charge is 0.0342 e. The van der Waals surface area contributed by atoms with E-state index in [0.29, 0.717) is 0 Å². The van der Waals surface area contributed by atoms with Crippen molar-refractivity contribution in [1.29, 1.82) is 0 Å². The Morgan fingerprint density at radius 2 is 2.06 bits per heavy atom. The lowest BCUT2D eigenvalue weighted by molar-refractivity contribution is 0.405. The zero-order chi connectivity index (χ0) is 12.5. The van der Waals surface area contributed by atoms with Crippen LogP contribution in [0, 0.1) is 0 Å². The molecular formula is C14H23ClN2. The quantitative estimate of drug-likeness (QED) is 0.566. The predicted octanol–water partition coefficient (Wildman–Crippen LogP) is 3.22. The van der Waals surface area contributed by atoms with Crippen LogP contribution < -0.4 is 5.32 Å². The molecule has 0 saturated heterocycles. The van der Waals surface area contributed by atoms with E-state index in [1.807, 2.05) is 0 Å². The zero-order valence-electron chi connectivity index (χ0n) is 10.9. The Labute approximate surface area is 110 Å². The van der Waals surface area contributed by atoms with Crippen molar-refractivity contribution in [3.05, 3.63) is 29.8 Å². The molecule has 3 heteroatoms. The number of benzene rings is 1. The molecule has 2 nitrogen and oxygen atoms in total. The Morgan fingerprint density at radius 3 is 2.76 bits per heavy atom. The van der Waals surface area contributed by atoms with E-state index in [1.54, 1.807) is 0 Å². The van der Waals surface area contributed by atoms with E-state index in [4.69, 9.17) is 11.6 Å². The molecule has 0 spiro atoms. The summed E-state index contributed by atoms with van der Waals surface area (Å²) in [5.74, 6) is 0.737. The number of hydrogen-bond donors (Lipinski definition) is 1. The third-order valence-corrected chi connectivity index (χ3v) is 2.90. The highest BCUT2D eigenvalue weighted by molar-refractivity contribution is 6.17. The van der Waals surface area contributed by atoms with Crippen molar-refractivity contribution in [1.82, 2.24) is 4.90 Å². The van der Waals surface area contributed by atoms with Gasteiger partial charge in [0.25, 0.3) is 0 Å². The average Bonchev–Trinajstić information content (AvgIpc) is 2.32. The molecule has 0 aliphatic rings. The molecule has 1 N–H and O–H groups in total. The van der Waals surface area contributed by atoms with Gasteiger partial charge in [0.1, 0.15) is 0 Å². The van der Waals surface area contributed by atoms with Crippen molar-refractivity contribution in [2.45, 2.75) is 19.3 Å². The topological polar surface area (TPSA) is 15.3 Å². The number of nitrogens with zero attached hydrogens (tertiary/aromatic N) is 1. The second kappa shape index (κ2) is 8.37. The van der Waals surface area contributed by atoms with Crippen LogP contribution in [0.15, 0.2) is 24.3 Å². The highest BCUT2D eigenvalue weighted by Crippen LogP contribution is 2.12. The number of halogens is 1. The summed E-state index contributed by atoms with van der Waals surface area (Å²) in [4.78, 5) is 2.21. The molecule has 17 heavy (non-hydrogen) atoms. The summed E-state index contributed by atoms with van der Waals surface area (Å²) in [7, 11) is 4.21. The average molecular weight is 255 g/mol. The number of alkyl halides is 1. The molecule has 0 aliphatic heterocycles. The predicted molar refractivity (Wildman–Crippen MR) is 77.1 cm³/mol. The molecule has 0 amide bonds. The number of nitrogens with one attached hydrogen (secondary N) is 1. The van der Waals surface area contributed by atoms with Crippen LogP contribution in [-0.4, -0.2) is 38.0 Å². The van der Waals surface area contributed by atoms with Gasteiger partial charge in [0.15, 0.2) is 0 Å². The number of anilines is 1. The molecule has 1 aromatic carbocycles. The van der Waals surface area contributed by atoms with Crippen molar-refractivity contribution in [3.63, 3.8) is 0 Å². The molecule has 0 heterocycles. The van der Waals surface area contributed by atoms with Crippen molar-refractivity contribution >= 4 is 17.3 Å². The molecule has 0 aromatic heterocycles. The molecule has 96 valence electrons. The minimum atomic E-state index is 0.737. The summed E-state index contributed by atoms with van der Waals surface area (Å²) in [6, 6.07) is 8.62. The first-order valence-electron chi connectivity index (χ1n) is 6.26. The molecule has 1 aromatic rings. The van der Waals surface area contributed by atoms with Gasteiger partial charge in [0, 0.05) is 18.1 Å². The number of rotatable bonds is 8.